The van der Waals surface area contributed by atoms with Gasteiger partial charge < -0.3 is 10.1 Å². The average molecular weight is 424 g/mol. The summed E-state index contributed by atoms with van der Waals surface area (Å²) in [6.45, 7) is 2.04. The number of nitrogens with one attached hydrogen (secondary N) is 1. The molecule has 1 amide bonds. The Bertz CT molecular complexity index is 1100. The summed E-state index contributed by atoms with van der Waals surface area (Å²) in [5, 5.41) is 7.81. The monoisotopic (exact) mass is 423 g/mol. The maximum absolute atomic E-state index is 13.6. The van der Waals surface area contributed by atoms with Gasteiger partial charge in [0.05, 0.1) is 23.1 Å². The number of rotatable bonds is 3. The molecule has 0 spiro atoms. The molecule has 0 saturated carbocycles. The van der Waals surface area contributed by atoms with Gasteiger partial charge in [-0.05, 0) is 73.2 Å². The van der Waals surface area contributed by atoms with Crippen molar-refractivity contribution in [3.8, 4) is 28.1 Å². The number of hydrogen-bond donors (Lipinski definition) is 1. The molecule has 3 aromatic rings. The van der Waals surface area contributed by atoms with Crippen LogP contribution in [0.2, 0.25) is 0 Å². The van der Waals surface area contributed by atoms with Crippen LogP contribution >= 0.6 is 11.8 Å². The summed E-state index contributed by atoms with van der Waals surface area (Å²) in [5.41, 5.74) is 5.46. The molecule has 2 aliphatic rings. The molecule has 1 N–H and O–H groups in total. The Hall–Kier alpha value is -2.80. The van der Waals surface area contributed by atoms with Crippen molar-refractivity contribution in [1.29, 1.82) is 0 Å². The van der Waals surface area contributed by atoms with E-state index >= 15 is 0 Å². The molecular weight excluding hydrogens is 401 g/mol. The molecule has 0 atom stereocenters. The number of hydrogen-bond acceptors (Lipinski definition) is 4. The first-order valence-corrected chi connectivity index (χ1v) is 11.3. The molecule has 154 valence electrons. The SMILES string of the molecule is Cc1nn(C2CCSCC2)c(-c2ccc(F)cc2)c1-c1ccc2c(c1)NC(=O)CO2. The minimum atomic E-state index is -0.259. The molecule has 5 rings (SSSR count). The third-order valence-corrected chi connectivity index (χ3v) is 6.69. The lowest BCUT2D eigenvalue weighted by Crippen LogP contribution is -2.25. The summed E-state index contributed by atoms with van der Waals surface area (Å²) < 4.78 is 21.3. The zero-order chi connectivity index (χ0) is 20.7. The van der Waals surface area contributed by atoms with Gasteiger partial charge in [-0.15, -0.1) is 0 Å². The van der Waals surface area contributed by atoms with Gasteiger partial charge >= 0.3 is 0 Å². The average Bonchev–Trinajstić information content (AvgIpc) is 3.11. The number of amides is 1. The van der Waals surface area contributed by atoms with Gasteiger partial charge in [0, 0.05) is 11.1 Å². The van der Waals surface area contributed by atoms with Crippen LogP contribution in [0.3, 0.4) is 0 Å². The van der Waals surface area contributed by atoms with Crippen LogP contribution in [0.5, 0.6) is 5.75 Å². The molecule has 0 aliphatic carbocycles. The molecule has 1 saturated heterocycles. The molecule has 1 aromatic heterocycles. The number of carbonyl (C=O) groups excluding carboxylic acids is 1. The topological polar surface area (TPSA) is 56.2 Å². The molecular formula is C23H22FN3O2S. The normalized spacial score (nSPS) is 16.7. The molecule has 0 radical (unpaired) electrons. The molecule has 30 heavy (non-hydrogen) atoms. The molecule has 0 unspecified atom stereocenters. The van der Waals surface area contributed by atoms with E-state index in [-0.39, 0.29) is 18.3 Å². The van der Waals surface area contributed by atoms with Gasteiger partial charge in [-0.3, -0.25) is 9.48 Å². The van der Waals surface area contributed by atoms with E-state index in [1.165, 1.54) is 12.1 Å². The van der Waals surface area contributed by atoms with Crippen molar-refractivity contribution in [3.63, 3.8) is 0 Å². The number of anilines is 1. The fraction of sp³-hybridized carbons (Fsp3) is 0.304. The Balaban J connectivity index is 1.68. The van der Waals surface area contributed by atoms with Crippen LogP contribution in [-0.2, 0) is 4.79 Å². The van der Waals surface area contributed by atoms with Crippen LogP contribution in [0.15, 0.2) is 42.5 Å². The van der Waals surface area contributed by atoms with Gasteiger partial charge in [-0.2, -0.15) is 16.9 Å². The Morgan fingerprint density at radius 2 is 1.87 bits per heavy atom. The van der Waals surface area contributed by atoms with Gasteiger partial charge in [-0.25, -0.2) is 4.39 Å². The van der Waals surface area contributed by atoms with Crippen molar-refractivity contribution in [1.82, 2.24) is 9.78 Å². The number of ether oxygens (including phenoxy) is 1. The number of benzene rings is 2. The Labute approximate surface area is 178 Å². The fourth-order valence-corrected chi connectivity index (χ4v) is 5.29. The number of carbonyl (C=O) groups is 1. The first kappa shape index (κ1) is 19.2. The number of nitrogens with zero attached hydrogens (tertiary/aromatic N) is 2. The van der Waals surface area contributed by atoms with Crippen molar-refractivity contribution in [2.45, 2.75) is 25.8 Å². The number of aryl methyl sites for hydroxylation is 1. The van der Waals surface area contributed by atoms with E-state index in [0.717, 1.165) is 52.4 Å². The van der Waals surface area contributed by atoms with Gasteiger partial charge in [-0.1, -0.05) is 6.07 Å². The van der Waals surface area contributed by atoms with Crippen molar-refractivity contribution in [2.75, 3.05) is 23.4 Å². The van der Waals surface area contributed by atoms with Crippen LogP contribution in [0.1, 0.15) is 24.6 Å². The molecule has 0 bridgehead atoms. The second-order valence-corrected chi connectivity index (χ2v) is 8.88. The standard InChI is InChI=1S/C23H22FN3O2S/c1-14-22(16-4-7-20-19(12-16)25-21(28)13-29-20)23(15-2-5-17(24)6-3-15)27(26-14)18-8-10-30-11-9-18/h2-7,12,18H,8-11,13H2,1H3,(H,25,28). The Kier molecular flexibility index (Phi) is 4.98. The lowest BCUT2D eigenvalue weighted by atomic mass is 9.97. The summed E-state index contributed by atoms with van der Waals surface area (Å²) in [5.74, 6) is 2.47. The van der Waals surface area contributed by atoms with Crippen LogP contribution < -0.4 is 10.1 Å². The molecule has 7 heteroatoms. The van der Waals surface area contributed by atoms with Crippen molar-refractivity contribution in [2.24, 2.45) is 0 Å². The van der Waals surface area contributed by atoms with E-state index in [0.29, 0.717) is 17.5 Å². The minimum absolute atomic E-state index is 0.0316. The van der Waals surface area contributed by atoms with Crippen molar-refractivity contribution in [3.05, 3.63) is 54.0 Å². The number of halogens is 1. The summed E-state index contributed by atoms with van der Waals surface area (Å²) in [6.07, 6.45) is 2.13. The number of aromatic nitrogens is 2. The molecule has 5 nitrogen and oxygen atoms in total. The molecule has 2 aromatic carbocycles. The maximum Gasteiger partial charge on any atom is 0.262 e. The zero-order valence-electron chi connectivity index (χ0n) is 16.7. The predicted octanol–water partition coefficient (Wildman–Crippen LogP) is 5.06. The first-order valence-electron chi connectivity index (χ1n) is 10.1. The highest BCUT2D eigenvalue weighted by Crippen LogP contribution is 2.41. The lowest BCUT2D eigenvalue weighted by molar-refractivity contribution is -0.118. The lowest BCUT2D eigenvalue weighted by Gasteiger charge is -2.24. The van der Waals surface area contributed by atoms with E-state index < -0.39 is 0 Å². The van der Waals surface area contributed by atoms with Gasteiger partial charge in [0.25, 0.3) is 5.91 Å². The first-order chi connectivity index (χ1) is 14.6. The molecule has 2 aliphatic heterocycles. The smallest absolute Gasteiger partial charge is 0.262 e. The van der Waals surface area contributed by atoms with Gasteiger partial charge in [0.1, 0.15) is 11.6 Å². The van der Waals surface area contributed by atoms with E-state index in [1.54, 1.807) is 0 Å². The predicted molar refractivity (Wildman–Crippen MR) is 118 cm³/mol. The Morgan fingerprint density at radius 1 is 1.13 bits per heavy atom. The summed E-state index contributed by atoms with van der Waals surface area (Å²) in [7, 11) is 0. The quantitative estimate of drug-likeness (QED) is 0.640. The maximum atomic E-state index is 13.6. The van der Waals surface area contributed by atoms with Gasteiger partial charge in [0.2, 0.25) is 0 Å². The number of fused-ring (bicyclic) bond motifs is 1. The van der Waals surface area contributed by atoms with Crippen molar-refractivity contribution < 1.29 is 13.9 Å². The van der Waals surface area contributed by atoms with Gasteiger partial charge in [0.15, 0.2) is 6.61 Å². The van der Waals surface area contributed by atoms with E-state index in [1.807, 2.05) is 49.0 Å². The second-order valence-electron chi connectivity index (χ2n) is 7.65. The second kappa shape index (κ2) is 7.80. The van der Waals surface area contributed by atoms with Crippen LogP contribution in [0.4, 0.5) is 10.1 Å². The van der Waals surface area contributed by atoms with Crippen LogP contribution in [0.25, 0.3) is 22.4 Å². The van der Waals surface area contributed by atoms with E-state index in [4.69, 9.17) is 9.84 Å². The molecule has 1 fully saturated rings. The van der Waals surface area contributed by atoms with Crippen LogP contribution in [0, 0.1) is 12.7 Å². The highest BCUT2D eigenvalue weighted by Gasteiger charge is 2.26. The van der Waals surface area contributed by atoms with Crippen molar-refractivity contribution >= 4 is 23.4 Å². The van der Waals surface area contributed by atoms with E-state index in [2.05, 4.69) is 10.00 Å². The summed E-state index contributed by atoms with van der Waals surface area (Å²) >= 11 is 1.98. The third kappa shape index (κ3) is 3.47. The highest BCUT2D eigenvalue weighted by atomic mass is 32.2. The van der Waals surface area contributed by atoms with Crippen LogP contribution in [-0.4, -0.2) is 33.8 Å². The summed E-state index contributed by atoms with van der Waals surface area (Å²) in [4.78, 5) is 11.8. The zero-order valence-corrected chi connectivity index (χ0v) is 17.5. The largest absolute Gasteiger partial charge is 0.482 e. The van der Waals surface area contributed by atoms with E-state index in [9.17, 15) is 9.18 Å². The minimum Gasteiger partial charge on any atom is -0.482 e. The third-order valence-electron chi connectivity index (χ3n) is 5.64. The molecule has 3 heterocycles. The Morgan fingerprint density at radius 3 is 2.63 bits per heavy atom. The fourth-order valence-electron chi connectivity index (χ4n) is 4.21. The summed E-state index contributed by atoms with van der Waals surface area (Å²) in [6, 6.07) is 12.7. The highest BCUT2D eigenvalue weighted by molar-refractivity contribution is 7.99. The number of thioether (sulfide) groups is 1.